The molecule has 0 radical (unpaired) electrons. The number of hydrogen-bond acceptors (Lipinski definition) is 3. The Morgan fingerprint density at radius 1 is 1.18 bits per heavy atom. The second-order valence-electron chi connectivity index (χ2n) is 5.17. The monoisotopic (exact) mass is 291 g/mol. The molecule has 1 amide bonds. The number of rotatable bonds is 2. The Labute approximate surface area is 125 Å². The number of nitrogens with zero attached hydrogens (tertiary/aromatic N) is 2. The molecule has 108 valence electrons. The van der Waals surface area contributed by atoms with E-state index in [2.05, 4.69) is 22.2 Å². The van der Waals surface area contributed by atoms with Crippen molar-refractivity contribution in [3.63, 3.8) is 0 Å². The molecule has 0 saturated heterocycles. The number of fused-ring (bicyclic) bond motifs is 2. The highest BCUT2D eigenvalue weighted by Crippen LogP contribution is 2.28. The zero-order chi connectivity index (χ0) is 15.3. The molecule has 6 nitrogen and oxygen atoms in total. The average Bonchev–Trinajstić information content (AvgIpc) is 3.13. The number of benzene rings is 1. The lowest BCUT2D eigenvalue weighted by Crippen LogP contribution is -2.15. The fourth-order valence-corrected chi connectivity index (χ4v) is 2.66. The quantitative estimate of drug-likeness (QED) is 0.527. The van der Waals surface area contributed by atoms with Gasteiger partial charge in [-0.2, -0.15) is 5.10 Å². The van der Waals surface area contributed by atoms with Gasteiger partial charge in [-0.1, -0.05) is 12.1 Å². The van der Waals surface area contributed by atoms with Gasteiger partial charge in [0.1, 0.15) is 0 Å². The molecular formula is C16H13N5O. The molecule has 0 aliphatic heterocycles. The first kappa shape index (κ1) is 12.5. The SMILES string of the molecule is NC(=O)c1cnn2cc(-c3ccc4cc[nH]c4c3)cc2c1N. The van der Waals surface area contributed by atoms with Crippen molar-refractivity contribution in [3.05, 3.63) is 54.5 Å². The maximum absolute atomic E-state index is 11.3. The first-order chi connectivity index (χ1) is 10.6. The molecule has 3 heterocycles. The average molecular weight is 291 g/mol. The summed E-state index contributed by atoms with van der Waals surface area (Å²) in [6.45, 7) is 0. The second kappa shape index (κ2) is 4.36. The number of carbonyl (C=O) groups excluding carboxylic acids is 1. The minimum atomic E-state index is -0.581. The lowest BCUT2D eigenvalue weighted by Gasteiger charge is -2.02. The van der Waals surface area contributed by atoms with Crippen LogP contribution in [0.25, 0.3) is 27.5 Å². The van der Waals surface area contributed by atoms with Crippen LogP contribution in [0.5, 0.6) is 0 Å². The fourth-order valence-electron chi connectivity index (χ4n) is 2.66. The van der Waals surface area contributed by atoms with Crippen molar-refractivity contribution in [2.75, 3.05) is 5.73 Å². The summed E-state index contributed by atoms with van der Waals surface area (Å²) in [7, 11) is 0. The Kier molecular flexibility index (Phi) is 2.47. The first-order valence-corrected chi connectivity index (χ1v) is 6.77. The number of amides is 1. The molecule has 0 fully saturated rings. The molecular weight excluding hydrogens is 278 g/mol. The van der Waals surface area contributed by atoms with Crippen molar-refractivity contribution in [1.82, 2.24) is 14.6 Å². The molecule has 4 rings (SSSR count). The van der Waals surface area contributed by atoms with Crippen LogP contribution in [-0.4, -0.2) is 20.5 Å². The molecule has 3 aromatic heterocycles. The number of anilines is 1. The smallest absolute Gasteiger partial charge is 0.252 e. The van der Waals surface area contributed by atoms with E-state index in [0.717, 1.165) is 22.0 Å². The highest BCUT2D eigenvalue weighted by Gasteiger charge is 2.13. The van der Waals surface area contributed by atoms with Crippen molar-refractivity contribution >= 4 is 28.0 Å². The van der Waals surface area contributed by atoms with Gasteiger partial charge < -0.3 is 16.5 Å². The van der Waals surface area contributed by atoms with Crippen LogP contribution in [0.2, 0.25) is 0 Å². The second-order valence-corrected chi connectivity index (χ2v) is 5.17. The third-order valence-electron chi connectivity index (χ3n) is 3.83. The third-order valence-corrected chi connectivity index (χ3v) is 3.83. The van der Waals surface area contributed by atoms with E-state index >= 15 is 0 Å². The van der Waals surface area contributed by atoms with Gasteiger partial charge in [0.25, 0.3) is 5.91 Å². The van der Waals surface area contributed by atoms with Crippen molar-refractivity contribution in [1.29, 1.82) is 0 Å². The summed E-state index contributed by atoms with van der Waals surface area (Å²) in [5.41, 5.74) is 15.6. The van der Waals surface area contributed by atoms with E-state index < -0.39 is 5.91 Å². The van der Waals surface area contributed by atoms with Crippen molar-refractivity contribution in [2.24, 2.45) is 5.73 Å². The summed E-state index contributed by atoms with van der Waals surface area (Å²) < 4.78 is 1.65. The molecule has 0 unspecified atom stereocenters. The van der Waals surface area contributed by atoms with Crippen LogP contribution in [0.3, 0.4) is 0 Å². The van der Waals surface area contributed by atoms with Gasteiger partial charge in [0.2, 0.25) is 0 Å². The van der Waals surface area contributed by atoms with Crippen LogP contribution in [0.1, 0.15) is 10.4 Å². The van der Waals surface area contributed by atoms with Crippen molar-refractivity contribution in [2.45, 2.75) is 0 Å². The van der Waals surface area contributed by atoms with E-state index in [-0.39, 0.29) is 5.56 Å². The molecule has 4 aromatic rings. The summed E-state index contributed by atoms with van der Waals surface area (Å²) in [4.78, 5) is 14.5. The molecule has 0 bridgehead atoms. The Balaban J connectivity index is 1.91. The van der Waals surface area contributed by atoms with Crippen LogP contribution in [-0.2, 0) is 0 Å². The predicted molar refractivity (Wildman–Crippen MR) is 85.4 cm³/mol. The van der Waals surface area contributed by atoms with Gasteiger partial charge in [0.05, 0.1) is 23.0 Å². The van der Waals surface area contributed by atoms with E-state index in [1.807, 2.05) is 30.6 Å². The Morgan fingerprint density at radius 3 is 2.86 bits per heavy atom. The van der Waals surface area contributed by atoms with E-state index in [1.165, 1.54) is 6.20 Å². The number of H-pyrrole nitrogens is 1. The first-order valence-electron chi connectivity index (χ1n) is 6.77. The van der Waals surface area contributed by atoms with Crippen LogP contribution in [0.4, 0.5) is 5.69 Å². The van der Waals surface area contributed by atoms with Gasteiger partial charge in [-0.3, -0.25) is 4.79 Å². The number of aromatic amines is 1. The molecule has 0 aliphatic carbocycles. The molecule has 0 saturated carbocycles. The molecule has 0 atom stereocenters. The van der Waals surface area contributed by atoms with Crippen molar-refractivity contribution in [3.8, 4) is 11.1 Å². The van der Waals surface area contributed by atoms with Gasteiger partial charge in [-0.25, -0.2) is 4.52 Å². The zero-order valence-corrected chi connectivity index (χ0v) is 11.6. The number of nitrogens with two attached hydrogens (primary N) is 2. The van der Waals surface area contributed by atoms with Gasteiger partial charge in [0.15, 0.2) is 0 Å². The van der Waals surface area contributed by atoms with Crippen LogP contribution >= 0.6 is 0 Å². The summed E-state index contributed by atoms with van der Waals surface area (Å²) in [5, 5.41) is 5.34. The maximum atomic E-state index is 11.3. The van der Waals surface area contributed by atoms with E-state index in [1.54, 1.807) is 4.52 Å². The van der Waals surface area contributed by atoms with Crippen LogP contribution in [0.15, 0.2) is 48.9 Å². The molecule has 1 aromatic carbocycles. The Bertz CT molecular complexity index is 1030. The minimum Gasteiger partial charge on any atom is -0.396 e. The predicted octanol–water partition coefficient (Wildman–Crippen LogP) is 2.16. The summed E-state index contributed by atoms with van der Waals surface area (Å²) in [5.74, 6) is -0.581. The highest BCUT2D eigenvalue weighted by molar-refractivity contribution is 6.01. The van der Waals surface area contributed by atoms with Gasteiger partial charge in [0, 0.05) is 23.5 Å². The number of hydrogen-bond donors (Lipinski definition) is 3. The summed E-state index contributed by atoms with van der Waals surface area (Å²) >= 11 is 0. The van der Waals surface area contributed by atoms with Gasteiger partial charge >= 0.3 is 0 Å². The molecule has 0 spiro atoms. The highest BCUT2D eigenvalue weighted by atomic mass is 16.1. The number of nitrogens with one attached hydrogen (secondary N) is 1. The minimum absolute atomic E-state index is 0.233. The number of nitrogen functional groups attached to an aromatic ring is 1. The molecule has 0 aliphatic rings. The molecule has 6 heteroatoms. The van der Waals surface area contributed by atoms with Gasteiger partial charge in [-0.05, 0) is 29.1 Å². The van der Waals surface area contributed by atoms with Crippen LogP contribution < -0.4 is 11.5 Å². The van der Waals surface area contributed by atoms with Crippen LogP contribution in [0, 0.1) is 0 Å². The fraction of sp³-hybridized carbons (Fsp3) is 0. The summed E-state index contributed by atoms with van der Waals surface area (Å²) in [6.07, 6.45) is 5.17. The Morgan fingerprint density at radius 2 is 2.05 bits per heavy atom. The van der Waals surface area contributed by atoms with E-state index in [4.69, 9.17) is 11.5 Å². The van der Waals surface area contributed by atoms with Gasteiger partial charge in [-0.15, -0.1) is 0 Å². The van der Waals surface area contributed by atoms with Crippen molar-refractivity contribution < 1.29 is 4.79 Å². The number of primary amides is 1. The summed E-state index contributed by atoms with van der Waals surface area (Å²) in [6, 6.07) is 10.1. The largest absolute Gasteiger partial charge is 0.396 e. The molecule has 5 N–H and O–H groups in total. The lowest BCUT2D eigenvalue weighted by atomic mass is 10.1. The van der Waals surface area contributed by atoms with E-state index in [9.17, 15) is 4.79 Å². The zero-order valence-electron chi connectivity index (χ0n) is 11.6. The standard InChI is InChI=1S/C16H13N5O/c17-15-12(16(18)22)7-20-21-8-11(6-14(15)21)10-2-1-9-3-4-19-13(9)5-10/h1-8,19H,17H2,(H2,18,22). The molecule has 22 heavy (non-hydrogen) atoms. The normalized spacial score (nSPS) is 11.3. The Hall–Kier alpha value is -3.28. The topological polar surface area (TPSA) is 102 Å². The lowest BCUT2D eigenvalue weighted by molar-refractivity contribution is 0.100. The number of aromatic nitrogens is 3. The maximum Gasteiger partial charge on any atom is 0.252 e. The third kappa shape index (κ3) is 1.74. The van der Waals surface area contributed by atoms with E-state index in [0.29, 0.717) is 11.2 Å². The number of carbonyl (C=O) groups is 1.